The number of hydrogen-bond donors (Lipinski definition) is 3. The van der Waals surface area contributed by atoms with Crippen LogP contribution in [0, 0.1) is 0 Å². The molecule has 1 aromatic heterocycles. The highest BCUT2D eigenvalue weighted by molar-refractivity contribution is 7.90. The second-order valence-electron chi connectivity index (χ2n) is 9.13. The number of aromatic nitrogens is 2. The van der Waals surface area contributed by atoms with E-state index in [0.717, 1.165) is 6.26 Å². The van der Waals surface area contributed by atoms with Crippen molar-refractivity contribution in [2.75, 3.05) is 16.9 Å². The molecule has 3 rings (SSSR count). The van der Waals surface area contributed by atoms with Crippen molar-refractivity contribution in [2.24, 2.45) is 0 Å². The third-order valence-corrected chi connectivity index (χ3v) is 5.88. The van der Waals surface area contributed by atoms with Gasteiger partial charge >= 0.3 is 6.18 Å². The largest absolute Gasteiger partial charge is 0.421 e. The lowest BCUT2D eigenvalue weighted by Gasteiger charge is -2.20. The number of alkyl halides is 3. The minimum absolute atomic E-state index is 0.0579. The molecule has 0 saturated carbocycles. The van der Waals surface area contributed by atoms with E-state index in [1.54, 1.807) is 30.3 Å². The van der Waals surface area contributed by atoms with Crippen LogP contribution in [0.3, 0.4) is 0 Å². The Kier molecular flexibility index (Phi) is 7.58. The summed E-state index contributed by atoms with van der Waals surface area (Å²) in [7, 11) is -3.47. The van der Waals surface area contributed by atoms with Crippen LogP contribution in [-0.2, 0) is 22.6 Å². The van der Waals surface area contributed by atoms with E-state index in [1.807, 2.05) is 20.8 Å². The predicted octanol–water partition coefficient (Wildman–Crippen LogP) is 4.78. The summed E-state index contributed by atoms with van der Waals surface area (Å²) in [4.78, 5) is 20.1. The summed E-state index contributed by atoms with van der Waals surface area (Å²) in [6.45, 7) is 5.48. The van der Waals surface area contributed by atoms with Crippen LogP contribution in [-0.4, -0.2) is 36.1 Å². The number of carbonyl (C=O) groups excluding carboxylic acids is 1. The van der Waals surface area contributed by atoms with Gasteiger partial charge in [-0.25, -0.2) is 13.4 Å². The van der Waals surface area contributed by atoms with Crippen LogP contribution >= 0.6 is 0 Å². The van der Waals surface area contributed by atoms with Crippen molar-refractivity contribution >= 4 is 33.2 Å². The van der Waals surface area contributed by atoms with Crippen LogP contribution in [0.4, 0.5) is 30.6 Å². The first-order valence-corrected chi connectivity index (χ1v) is 12.7. The van der Waals surface area contributed by atoms with Crippen LogP contribution < -0.4 is 16.0 Å². The van der Waals surface area contributed by atoms with Crippen LogP contribution in [0.2, 0.25) is 0 Å². The van der Waals surface area contributed by atoms with Gasteiger partial charge < -0.3 is 16.0 Å². The smallest absolute Gasteiger partial charge is 0.365 e. The van der Waals surface area contributed by atoms with E-state index in [2.05, 4.69) is 25.9 Å². The zero-order valence-corrected chi connectivity index (χ0v) is 20.9. The minimum atomic E-state index is -4.71. The first kappa shape index (κ1) is 26.9. The van der Waals surface area contributed by atoms with Gasteiger partial charge in [0.2, 0.25) is 5.95 Å². The lowest BCUT2D eigenvalue weighted by atomic mass is 10.1. The Morgan fingerprint density at radius 3 is 2.28 bits per heavy atom. The van der Waals surface area contributed by atoms with E-state index in [0.29, 0.717) is 23.0 Å². The Labute approximate surface area is 207 Å². The van der Waals surface area contributed by atoms with Gasteiger partial charge in [-0.15, -0.1) is 0 Å². The lowest BCUT2D eigenvalue weighted by Crippen LogP contribution is -2.40. The number of sulfone groups is 1. The molecule has 36 heavy (non-hydrogen) atoms. The summed E-state index contributed by atoms with van der Waals surface area (Å²) in [5.41, 5.74) is -0.126. The maximum atomic E-state index is 13.5. The zero-order chi connectivity index (χ0) is 26.7. The summed E-state index contributed by atoms with van der Waals surface area (Å²) in [6, 6.07) is 12.2. The first-order chi connectivity index (χ1) is 16.6. The van der Waals surface area contributed by atoms with Crippen molar-refractivity contribution in [3.63, 3.8) is 0 Å². The number of anilines is 3. The predicted molar refractivity (Wildman–Crippen MR) is 131 cm³/mol. The Balaban J connectivity index is 1.80. The fourth-order valence-corrected chi connectivity index (χ4v) is 3.79. The molecule has 12 heteroatoms. The summed E-state index contributed by atoms with van der Waals surface area (Å²) < 4.78 is 64.1. The van der Waals surface area contributed by atoms with E-state index in [4.69, 9.17) is 0 Å². The second kappa shape index (κ2) is 10.1. The minimum Gasteiger partial charge on any atom is -0.365 e. The highest BCUT2D eigenvalue weighted by Gasteiger charge is 2.35. The molecule has 0 bridgehead atoms. The van der Waals surface area contributed by atoms with E-state index < -0.39 is 32.9 Å². The Morgan fingerprint density at radius 1 is 1.03 bits per heavy atom. The highest BCUT2D eigenvalue weighted by atomic mass is 32.2. The molecule has 0 saturated heterocycles. The van der Waals surface area contributed by atoms with Crippen molar-refractivity contribution < 1.29 is 26.4 Å². The highest BCUT2D eigenvalue weighted by Crippen LogP contribution is 2.34. The van der Waals surface area contributed by atoms with Crippen molar-refractivity contribution in [2.45, 2.75) is 43.9 Å². The monoisotopic (exact) mass is 521 g/mol. The van der Waals surface area contributed by atoms with Gasteiger partial charge in [0.25, 0.3) is 5.91 Å². The molecule has 0 aliphatic carbocycles. The fourth-order valence-electron chi connectivity index (χ4n) is 3.10. The molecule has 0 radical (unpaired) electrons. The Morgan fingerprint density at radius 2 is 1.69 bits per heavy atom. The first-order valence-electron chi connectivity index (χ1n) is 10.8. The van der Waals surface area contributed by atoms with Crippen molar-refractivity contribution in [3.05, 3.63) is 71.4 Å². The molecule has 0 atom stereocenters. The number of carbonyl (C=O) groups is 1. The third kappa shape index (κ3) is 7.41. The molecule has 192 valence electrons. The number of benzene rings is 2. The van der Waals surface area contributed by atoms with Gasteiger partial charge in [0.05, 0.1) is 4.90 Å². The van der Waals surface area contributed by atoms with E-state index in [1.165, 1.54) is 18.2 Å². The molecule has 2 aromatic carbocycles. The average molecular weight is 522 g/mol. The maximum Gasteiger partial charge on any atom is 0.421 e. The average Bonchev–Trinajstić information content (AvgIpc) is 2.76. The van der Waals surface area contributed by atoms with E-state index in [9.17, 15) is 26.4 Å². The van der Waals surface area contributed by atoms with Crippen molar-refractivity contribution in [1.29, 1.82) is 0 Å². The third-order valence-electron chi connectivity index (χ3n) is 4.77. The molecule has 0 aliphatic heterocycles. The molecule has 0 aliphatic rings. The Bertz CT molecular complexity index is 1350. The number of nitrogens with one attached hydrogen (secondary N) is 3. The van der Waals surface area contributed by atoms with Crippen LogP contribution in [0.25, 0.3) is 0 Å². The lowest BCUT2D eigenvalue weighted by molar-refractivity contribution is -0.137. The SMILES string of the molecule is CC(C)(C)NC(=O)c1ccc(Nc2ncc(C(F)(F)F)c(NCc3cccc(S(C)(=O)=O)c3)n2)cc1. The molecule has 0 unspecified atom stereocenters. The topological polar surface area (TPSA) is 113 Å². The molecule has 0 fully saturated rings. The fraction of sp³-hybridized carbons (Fsp3) is 0.292. The molecule has 3 aromatic rings. The van der Waals surface area contributed by atoms with E-state index >= 15 is 0 Å². The zero-order valence-electron chi connectivity index (χ0n) is 20.1. The number of hydrogen-bond acceptors (Lipinski definition) is 7. The van der Waals surface area contributed by atoms with Gasteiger partial charge in [0.15, 0.2) is 9.84 Å². The quantitative estimate of drug-likeness (QED) is 0.410. The molecular weight excluding hydrogens is 495 g/mol. The van der Waals surface area contributed by atoms with Gasteiger partial charge in [-0.1, -0.05) is 12.1 Å². The number of rotatable bonds is 7. The summed E-state index contributed by atoms with van der Waals surface area (Å²) in [5, 5.41) is 8.29. The van der Waals surface area contributed by atoms with Gasteiger partial charge in [-0.3, -0.25) is 4.79 Å². The summed E-state index contributed by atoms with van der Waals surface area (Å²) in [6.07, 6.45) is -3.00. The number of nitrogens with zero attached hydrogens (tertiary/aromatic N) is 2. The van der Waals surface area contributed by atoms with Gasteiger partial charge in [0.1, 0.15) is 11.4 Å². The molecule has 1 heterocycles. The van der Waals surface area contributed by atoms with Crippen molar-refractivity contribution in [1.82, 2.24) is 15.3 Å². The van der Waals surface area contributed by atoms with Gasteiger partial charge in [-0.05, 0) is 62.7 Å². The number of amides is 1. The summed E-state index contributed by atoms with van der Waals surface area (Å²) >= 11 is 0. The normalized spacial score (nSPS) is 12.2. The Hall–Kier alpha value is -3.67. The molecule has 0 spiro atoms. The number of halogens is 3. The van der Waals surface area contributed by atoms with Crippen LogP contribution in [0.1, 0.15) is 42.3 Å². The van der Waals surface area contributed by atoms with Crippen molar-refractivity contribution in [3.8, 4) is 0 Å². The van der Waals surface area contributed by atoms with Gasteiger partial charge in [-0.2, -0.15) is 18.2 Å². The van der Waals surface area contributed by atoms with Crippen LogP contribution in [0.15, 0.2) is 59.6 Å². The van der Waals surface area contributed by atoms with E-state index in [-0.39, 0.29) is 23.3 Å². The molecule has 8 nitrogen and oxygen atoms in total. The standard InChI is InChI=1S/C24H26F3N5O3S/c1-23(2,3)32-21(33)16-8-10-17(11-9-16)30-22-29-14-19(24(25,26)27)20(31-22)28-13-15-6-5-7-18(12-15)36(4,34)35/h5-12,14H,13H2,1-4H3,(H,32,33)(H2,28,29,30,31). The second-order valence-corrected chi connectivity index (χ2v) is 11.1. The van der Waals surface area contributed by atoms with Gasteiger partial charge in [0, 0.05) is 35.8 Å². The molecular formula is C24H26F3N5O3S. The van der Waals surface area contributed by atoms with Crippen LogP contribution in [0.5, 0.6) is 0 Å². The molecule has 3 N–H and O–H groups in total. The maximum absolute atomic E-state index is 13.5. The molecule has 1 amide bonds. The summed E-state index contributed by atoms with van der Waals surface area (Å²) in [5.74, 6) is -0.820.